The maximum absolute atomic E-state index is 13.8. The zero-order valence-electron chi connectivity index (χ0n) is 12.4. The van der Waals surface area contributed by atoms with E-state index in [1.165, 1.54) is 13.2 Å². The van der Waals surface area contributed by atoms with E-state index in [4.69, 9.17) is 4.74 Å². The lowest BCUT2D eigenvalue weighted by Crippen LogP contribution is -2.24. The Bertz CT molecular complexity index is 479. The fraction of sp³-hybridized carbons (Fsp3) is 0.562. The lowest BCUT2D eigenvalue weighted by atomic mass is 10.0. The first kappa shape index (κ1) is 15.0. The molecule has 3 nitrogen and oxygen atoms in total. The van der Waals surface area contributed by atoms with E-state index in [9.17, 15) is 9.18 Å². The summed E-state index contributed by atoms with van der Waals surface area (Å²) in [5, 5.41) is 0. The third-order valence-corrected chi connectivity index (χ3v) is 4.19. The van der Waals surface area contributed by atoms with E-state index in [-0.39, 0.29) is 11.3 Å². The number of methoxy groups -OCH3 is 1. The number of benzene rings is 1. The summed E-state index contributed by atoms with van der Waals surface area (Å²) in [6.07, 6.45) is 0.330. The number of ether oxygens (including phenoxy) is 1. The second-order valence-electron chi connectivity index (χ2n) is 5.70. The number of nitrogens with zero attached hydrogens (tertiary/aromatic N) is 1. The Morgan fingerprint density at radius 2 is 2.00 bits per heavy atom. The molecule has 0 bridgehead atoms. The number of hydrogen-bond acceptors (Lipinski definition) is 3. The van der Waals surface area contributed by atoms with Gasteiger partial charge in [0.1, 0.15) is 11.6 Å². The molecular weight excluding hydrogens is 257 g/mol. The highest BCUT2D eigenvalue weighted by molar-refractivity contribution is 5.99. The number of ketones is 1. The summed E-state index contributed by atoms with van der Waals surface area (Å²) in [5.74, 6) is 0.948. The van der Waals surface area contributed by atoms with Gasteiger partial charge in [0.15, 0.2) is 5.78 Å². The fourth-order valence-electron chi connectivity index (χ4n) is 2.76. The molecule has 0 N–H and O–H groups in total. The van der Waals surface area contributed by atoms with Gasteiger partial charge in [-0.15, -0.1) is 0 Å². The standard InChI is InChI=1S/C16H22FNO2/c1-11-9-18(10-12(11)2)8-7-14(19)16-13(17)5-4-6-15(16)20-3/h4-6,11-12H,7-10H2,1-3H3. The van der Waals surface area contributed by atoms with Gasteiger partial charge in [0.05, 0.1) is 12.7 Å². The number of halogens is 1. The van der Waals surface area contributed by atoms with Crippen LogP contribution in [-0.4, -0.2) is 37.4 Å². The van der Waals surface area contributed by atoms with E-state index in [1.54, 1.807) is 12.1 Å². The number of Topliss-reactive ketones (excluding diaryl/α,β-unsaturated/α-hetero) is 1. The second-order valence-corrected chi connectivity index (χ2v) is 5.70. The zero-order chi connectivity index (χ0) is 14.7. The van der Waals surface area contributed by atoms with Gasteiger partial charge in [-0.25, -0.2) is 4.39 Å². The van der Waals surface area contributed by atoms with Crippen LogP contribution in [0.15, 0.2) is 18.2 Å². The summed E-state index contributed by atoms with van der Waals surface area (Å²) in [6, 6.07) is 4.47. The van der Waals surface area contributed by atoms with Crippen LogP contribution in [0.4, 0.5) is 4.39 Å². The quantitative estimate of drug-likeness (QED) is 0.776. The summed E-state index contributed by atoms with van der Waals surface area (Å²) in [6.45, 7) is 7.18. The Morgan fingerprint density at radius 1 is 1.35 bits per heavy atom. The van der Waals surface area contributed by atoms with Gasteiger partial charge in [0, 0.05) is 26.1 Å². The fourth-order valence-corrected chi connectivity index (χ4v) is 2.76. The average molecular weight is 279 g/mol. The number of carbonyl (C=O) groups is 1. The van der Waals surface area contributed by atoms with E-state index < -0.39 is 5.82 Å². The Balaban J connectivity index is 1.99. The first-order valence-electron chi connectivity index (χ1n) is 7.11. The van der Waals surface area contributed by atoms with Crippen molar-refractivity contribution in [1.29, 1.82) is 0 Å². The molecule has 1 heterocycles. The summed E-state index contributed by atoms with van der Waals surface area (Å²) < 4.78 is 18.9. The number of likely N-dealkylation sites (tertiary alicyclic amines) is 1. The summed E-state index contributed by atoms with van der Waals surface area (Å²) in [4.78, 5) is 14.5. The summed E-state index contributed by atoms with van der Waals surface area (Å²) in [5.41, 5.74) is 0.0790. The van der Waals surface area contributed by atoms with Crippen LogP contribution < -0.4 is 4.74 Å². The van der Waals surface area contributed by atoms with E-state index >= 15 is 0 Å². The monoisotopic (exact) mass is 279 g/mol. The highest BCUT2D eigenvalue weighted by atomic mass is 19.1. The van der Waals surface area contributed by atoms with Crippen LogP contribution >= 0.6 is 0 Å². The molecule has 2 atom stereocenters. The molecule has 1 aliphatic heterocycles. The van der Waals surface area contributed by atoms with Crippen molar-refractivity contribution in [2.75, 3.05) is 26.7 Å². The molecule has 0 saturated carbocycles. The van der Waals surface area contributed by atoms with Gasteiger partial charge in [-0.05, 0) is 24.0 Å². The topological polar surface area (TPSA) is 29.5 Å². The molecule has 20 heavy (non-hydrogen) atoms. The Kier molecular flexibility index (Phi) is 4.76. The van der Waals surface area contributed by atoms with Crippen molar-refractivity contribution < 1.29 is 13.9 Å². The van der Waals surface area contributed by atoms with Gasteiger partial charge >= 0.3 is 0 Å². The normalized spacial score (nSPS) is 23.0. The highest BCUT2D eigenvalue weighted by Crippen LogP contribution is 2.25. The van der Waals surface area contributed by atoms with Crippen molar-refractivity contribution >= 4 is 5.78 Å². The van der Waals surface area contributed by atoms with Crippen LogP contribution in [0, 0.1) is 17.7 Å². The molecule has 0 radical (unpaired) electrons. The number of rotatable bonds is 5. The van der Waals surface area contributed by atoms with Crippen LogP contribution in [0.1, 0.15) is 30.6 Å². The molecule has 110 valence electrons. The molecule has 2 rings (SSSR count). The van der Waals surface area contributed by atoms with E-state index in [0.29, 0.717) is 30.6 Å². The molecule has 0 spiro atoms. The van der Waals surface area contributed by atoms with Crippen molar-refractivity contribution in [2.45, 2.75) is 20.3 Å². The van der Waals surface area contributed by atoms with Gasteiger partial charge in [-0.2, -0.15) is 0 Å². The maximum Gasteiger partial charge on any atom is 0.170 e. The van der Waals surface area contributed by atoms with Gasteiger partial charge in [0.25, 0.3) is 0 Å². The van der Waals surface area contributed by atoms with E-state index in [1.807, 2.05) is 0 Å². The molecule has 0 aromatic heterocycles. The van der Waals surface area contributed by atoms with Gasteiger partial charge in [-0.3, -0.25) is 4.79 Å². The molecule has 4 heteroatoms. The summed E-state index contributed by atoms with van der Waals surface area (Å²) >= 11 is 0. The van der Waals surface area contributed by atoms with Crippen molar-refractivity contribution in [3.05, 3.63) is 29.6 Å². The molecule has 2 unspecified atom stereocenters. The molecule has 1 aliphatic rings. The molecule has 1 fully saturated rings. The zero-order valence-corrected chi connectivity index (χ0v) is 12.4. The Hall–Kier alpha value is -1.42. The highest BCUT2D eigenvalue weighted by Gasteiger charge is 2.26. The minimum absolute atomic E-state index is 0.0790. The second kappa shape index (κ2) is 6.35. The first-order chi connectivity index (χ1) is 9.52. The SMILES string of the molecule is COc1cccc(F)c1C(=O)CCN1CC(C)C(C)C1. The predicted molar refractivity (Wildman–Crippen MR) is 76.7 cm³/mol. The third-order valence-electron chi connectivity index (χ3n) is 4.19. The minimum Gasteiger partial charge on any atom is -0.496 e. The van der Waals surface area contributed by atoms with Crippen molar-refractivity contribution in [3.8, 4) is 5.75 Å². The first-order valence-corrected chi connectivity index (χ1v) is 7.11. The van der Waals surface area contributed by atoms with Crippen LogP contribution in [0.5, 0.6) is 5.75 Å². The van der Waals surface area contributed by atoms with Crippen LogP contribution in [-0.2, 0) is 0 Å². The average Bonchev–Trinajstić information content (AvgIpc) is 2.74. The van der Waals surface area contributed by atoms with Gasteiger partial charge in [-0.1, -0.05) is 19.9 Å². The van der Waals surface area contributed by atoms with E-state index in [0.717, 1.165) is 13.1 Å². The Labute approximate surface area is 119 Å². The van der Waals surface area contributed by atoms with Crippen LogP contribution in [0.25, 0.3) is 0 Å². The lowest BCUT2D eigenvalue weighted by Gasteiger charge is -2.15. The lowest BCUT2D eigenvalue weighted by molar-refractivity contribution is 0.0960. The van der Waals surface area contributed by atoms with Crippen molar-refractivity contribution in [1.82, 2.24) is 4.90 Å². The molecule has 1 aromatic carbocycles. The molecule has 0 aliphatic carbocycles. The minimum atomic E-state index is -0.502. The number of carbonyl (C=O) groups excluding carboxylic acids is 1. The maximum atomic E-state index is 13.8. The third kappa shape index (κ3) is 3.18. The van der Waals surface area contributed by atoms with Crippen LogP contribution in [0.2, 0.25) is 0 Å². The van der Waals surface area contributed by atoms with Crippen LogP contribution in [0.3, 0.4) is 0 Å². The van der Waals surface area contributed by atoms with Gasteiger partial charge in [0.2, 0.25) is 0 Å². The smallest absolute Gasteiger partial charge is 0.170 e. The molecular formula is C16H22FNO2. The number of hydrogen-bond donors (Lipinski definition) is 0. The molecule has 1 saturated heterocycles. The van der Waals surface area contributed by atoms with Gasteiger partial charge < -0.3 is 9.64 Å². The Morgan fingerprint density at radius 3 is 2.60 bits per heavy atom. The van der Waals surface area contributed by atoms with E-state index in [2.05, 4.69) is 18.7 Å². The molecule has 0 amide bonds. The predicted octanol–water partition coefficient (Wildman–Crippen LogP) is 2.99. The largest absolute Gasteiger partial charge is 0.496 e. The van der Waals surface area contributed by atoms with Crippen molar-refractivity contribution in [3.63, 3.8) is 0 Å². The molecule has 1 aromatic rings. The summed E-state index contributed by atoms with van der Waals surface area (Å²) in [7, 11) is 1.45. The van der Waals surface area contributed by atoms with Crippen molar-refractivity contribution in [2.24, 2.45) is 11.8 Å².